The fourth-order valence-electron chi connectivity index (χ4n) is 1.27. The van der Waals surface area contributed by atoms with Crippen LogP contribution < -0.4 is 5.73 Å². The van der Waals surface area contributed by atoms with Crippen molar-refractivity contribution >= 4 is 5.97 Å². The van der Waals surface area contributed by atoms with E-state index in [2.05, 4.69) is 0 Å². The van der Waals surface area contributed by atoms with E-state index in [0.29, 0.717) is 0 Å². The molecule has 1 aromatic rings. The number of nitro groups is 1. The molecule has 1 unspecified atom stereocenters. The Kier molecular flexibility index (Phi) is 3.41. The second-order valence-electron chi connectivity index (χ2n) is 3.19. The molecule has 7 nitrogen and oxygen atoms in total. The van der Waals surface area contributed by atoms with Crippen molar-refractivity contribution in [3.8, 4) is 5.75 Å². The molecule has 1 rings (SSSR count). The van der Waals surface area contributed by atoms with Crippen molar-refractivity contribution in [2.45, 2.75) is 12.1 Å². The highest BCUT2D eigenvalue weighted by Gasteiger charge is 2.35. The van der Waals surface area contributed by atoms with Gasteiger partial charge in [0.1, 0.15) is 5.75 Å². The largest absolute Gasteiger partial charge is 0.508 e. The van der Waals surface area contributed by atoms with Crippen molar-refractivity contribution in [1.29, 1.82) is 0 Å². The molecule has 0 aromatic heterocycles. The van der Waals surface area contributed by atoms with Gasteiger partial charge in [0.05, 0.1) is 0 Å². The van der Waals surface area contributed by atoms with Gasteiger partial charge in [0.15, 0.2) is 6.04 Å². The zero-order chi connectivity index (χ0) is 12.3. The monoisotopic (exact) mass is 226 g/mol. The summed E-state index contributed by atoms with van der Waals surface area (Å²) in [6, 6.07) is 1.86. The maximum absolute atomic E-state index is 10.7. The van der Waals surface area contributed by atoms with E-state index in [9.17, 15) is 14.9 Å². The molecule has 0 heterocycles. The number of carboxylic acid groups (broad SMARTS) is 1. The van der Waals surface area contributed by atoms with E-state index in [0.717, 1.165) is 0 Å². The van der Waals surface area contributed by atoms with E-state index >= 15 is 0 Å². The second-order valence-corrected chi connectivity index (χ2v) is 3.19. The van der Waals surface area contributed by atoms with Gasteiger partial charge >= 0.3 is 5.97 Å². The molecular formula is C9H10N2O5. The number of benzene rings is 1. The highest BCUT2D eigenvalue weighted by atomic mass is 16.6. The zero-order valence-electron chi connectivity index (χ0n) is 8.11. The van der Waals surface area contributed by atoms with Crippen LogP contribution in [0.4, 0.5) is 0 Å². The van der Waals surface area contributed by atoms with Crippen molar-refractivity contribution in [3.05, 3.63) is 39.9 Å². The zero-order valence-corrected chi connectivity index (χ0v) is 8.11. The van der Waals surface area contributed by atoms with Crippen molar-refractivity contribution < 1.29 is 19.9 Å². The number of aliphatic carboxylic acids is 1. The average Bonchev–Trinajstić information content (AvgIpc) is 2.20. The molecule has 0 saturated carbocycles. The first-order valence-electron chi connectivity index (χ1n) is 4.34. The normalized spacial score (nSPS) is 14.1. The maximum atomic E-state index is 10.7. The lowest BCUT2D eigenvalue weighted by Crippen LogP contribution is -2.40. The Morgan fingerprint density at radius 1 is 1.38 bits per heavy atom. The first-order valence-corrected chi connectivity index (χ1v) is 4.34. The van der Waals surface area contributed by atoms with E-state index < -0.39 is 23.0 Å². The molecule has 0 aliphatic rings. The number of hydrogen-bond donors (Lipinski definition) is 3. The van der Waals surface area contributed by atoms with Gasteiger partial charge in [-0.15, -0.1) is 0 Å². The van der Waals surface area contributed by atoms with Gasteiger partial charge in [-0.2, -0.15) is 0 Å². The standard InChI is InChI=1S/C9H10N2O5/c10-7(9(13)14)8(11(15)16)5-1-3-6(12)4-2-5/h1-4,7-8,12H,10H2,(H,13,14)/t7-,8?/m1/s1. The average molecular weight is 226 g/mol. The van der Waals surface area contributed by atoms with E-state index in [1.165, 1.54) is 24.3 Å². The Bertz CT molecular complexity index is 403. The SMILES string of the molecule is N[C@@H](C(=O)O)C(c1ccc(O)cc1)[N+](=O)[O-]. The number of carboxylic acids is 1. The minimum absolute atomic E-state index is 0.0604. The predicted molar refractivity (Wildman–Crippen MR) is 53.5 cm³/mol. The van der Waals surface area contributed by atoms with Crippen molar-refractivity contribution in [1.82, 2.24) is 0 Å². The number of phenolic OH excluding ortho intramolecular Hbond substituents is 1. The van der Waals surface area contributed by atoms with Crippen LogP contribution in [-0.4, -0.2) is 27.1 Å². The smallest absolute Gasteiger partial charge is 0.328 e. The summed E-state index contributed by atoms with van der Waals surface area (Å²) in [7, 11) is 0. The van der Waals surface area contributed by atoms with E-state index in [4.69, 9.17) is 15.9 Å². The van der Waals surface area contributed by atoms with Crippen molar-refractivity contribution in [2.24, 2.45) is 5.73 Å². The van der Waals surface area contributed by atoms with Crippen LogP contribution in [0, 0.1) is 10.1 Å². The van der Waals surface area contributed by atoms with Crippen LogP contribution in [0.5, 0.6) is 5.75 Å². The molecule has 0 aliphatic carbocycles. The third-order valence-corrected chi connectivity index (χ3v) is 2.09. The Morgan fingerprint density at radius 2 is 1.88 bits per heavy atom. The summed E-state index contributed by atoms with van der Waals surface area (Å²) in [6.45, 7) is 0. The summed E-state index contributed by atoms with van der Waals surface area (Å²) < 4.78 is 0. The minimum Gasteiger partial charge on any atom is -0.508 e. The van der Waals surface area contributed by atoms with E-state index in [-0.39, 0.29) is 11.3 Å². The van der Waals surface area contributed by atoms with Crippen LogP contribution in [0.15, 0.2) is 24.3 Å². The fraction of sp³-hybridized carbons (Fsp3) is 0.222. The molecule has 0 aliphatic heterocycles. The highest BCUT2D eigenvalue weighted by Crippen LogP contribution is 2.21. The molecule has 1 aromatic carbocycles. The van der Waals surface area contributed by atoms with Crippen LogP contribution in [-0.2, 0) is 4.79 Å². The summed E-state index contributed by atoms with van der Waals surface area (Å²) in [4.78, 5) is 20.6. The number of phenols is 1. The Hall–Kier alpha value is -2.15. The third-order valence-electron chi connectivity index (χ3n) is 2.09. The van der Waals surface area contributed by atoms with Gasteiger partial charge in [-0.05, 0) is 24.3 Å². The summed E-state index contributed by atoms with van der Waals surface area (Å²) in [6.07, 6.45) is 0. The lowest BCUT2D eigenvalue weighted by Gasteiger charge is -2.13. The van der Waals surface area contributed by atoms with Crippen molar-refractivity contribution in [3.63, 3.8) is 0 Å². The molecule has 7 heteroatoms. The van der Waals surface area contributed by atoms with Gasteiger partial charge in [0, 0.05) is 10.5 Å². The first-order chi connectivity index (χ1) is 7.43. The lowest BCUT2D eigenvalue weighted by atomic mass is 10.0. The van der Waals surface area contributed by atoms with Gasteiger partial charge in [-0.3, -0.25) is 14.9 Å². The number of carbonyl (C=O) groups is 1. The van der Waals surface area contributed by atoms with Crippen LogP contribution in [0.1, 0.15) is 11.6 Å². The van der Waals surface area contributed by atoms with Crippen LogP contribution >= 0.6 is 0 Å². The minimum atomic E-state index is -1.63. The van der Waals surface area contributed by atoms with Crippen molar-refractivity contribution in [2.75, 3.05) is 0 Å². The van der Waals surface area contributed by atoms with Crippen LogP contribution in [0.25, 0.3) is 0 Å². The molecule has 0 bridgehead atoms. The van der Waals surface area contributed by atoms with Crippen LogP contribution in [0.2, 0.25) is 0 Å². The summed E-state index contributed by atoms with van der Waals surface area (Å²) >= 11 is 0. The molecule has 4 N–H and O–H groups in total. The topological polar surface area (TPSA) is 127 Å². The summed E-state index contributed by atoms with van der Waals surface area (Å²) in [5.74, 6) is -1.51. The molecule has 0 amide bonds. The molecular weight excluding hydrogens is 216 g/mol. The predicted octanol–water partition coefficient (Wildman–Crippen LogP) is 0.122. The van der Waals surface area contributed by atoms with Gasteiger partial charge in [0.25, 0.3) is 6.04 Å². The van der Waals surface area contributed by atoms with Gasteiger partial charge in [-0.1, -0.05) is 0 Å². The Morgan fingerprint density at radius 3 is 2.25 bits per heavy atom. The number of hydrogen-bond acceptors (Lipinski definition) is 5. The summed E-state index contributed by atoms with van der Waals surface area (Å²) in [5.41, 5.74) is 5.36. The first kappa shape index (κ1) is 11.9. The second kappa shape index (κ2) is 4.58. The van der Waals surface area contributed by atoms with Crippen LogP contribution in [0.3, 0.4) is 0 Å². The maximum Gasteiger partial charge on any atom is 0.328 e. The number of aromatic hydroxyl groups is 1. The number of rotatable bonds is 4. The van der Waals surface area contributed by atoms with Gasteiger partial charge < -0.3 is 15.9 Å². The van der Waals surface area contributed by atoms with E-state index in [1.807, 2.05) is 0 Å². The quantitative estimate of drug-likeness (QED) is 0.494. The Labute approximate surface area is 90.3 Å². The van der Waals surface area contributed by atoms with Gasteiger partial charge in [0.2, 0.25) is 0 Å². The Balaban J connectivity index is 3.07. The molecule has 0 fully saturated rings. The molecule has 86 valence electrons. The molecule has 2 atom stereocenters. The van der Waals surface area contributed by atoms with Gasteiger partial charge in [-0.25, -0.2) is 0 Å². The highest BCUT2D eigenvalue weighted by molar-refractivity contribution is 5.74. The van der Waals surface area contributed by atoms with E-state index in [1.54, 1.807) is 0 Å². The lowest BCUT2D eigenvalue weighted by molar-refractivity contribution is -0.530. The molecule has 0 saturated heterocycles. The molecule has 16 heavy (non-hydrogen) atoms. The summed E-state index contributed by atoms with van der Waals surface area (Å²) in [5, 5.41) is 28.4. The third kappa shape index (κ3) is 2.45. The number of nitrogens with two attached hydrogens (primary N) is 1. The fourth-order valence-corrected chi connectivity index (χ4v) is 1.27. The number of nitrogens with zero attached hydrogens (tertiary/aromatic N) is 1. The molecule has 0 spiro atoms. The molecule has 0 radical (unpaired) electrons.